The van der Waals surface area contributed by atoms with Crippen molar-refractivity contribution in [3.63, 3.8) is 0 Å². The van der Waals surface area contributed by atoms with Gasteiger partial charge < -0.3 is 20.1 Å². The molecule has 1 aromatic rings. The van der Waals surface area contributed by atoms with Crippen molar-refractivity contribution in [3.05, 3.63) is 23.8 Å². The zero-order valence-electron chi connectivity index (χ0n) is 12.9. The number of anilines is 1. The molecule has 1 aliphatic heterocycles. The maximum absolute atomic E-state index is 12.3. The number of benzene rings is 1. The molecule has 1 aliphatic rings. The number of hydrogen-bond acceptors (Lipinski definition) is 3. The Morgan fingerprint density at radius 1 is 1.52 bits per heavy atom. The molecule has 1 heterocycles. The third-order valence-electron chi connectivity index (χ3n) is 4.10. The number of hydrogen-bond donors (Lipinski definition) is 2. The van der Waals surface area contributed by atoms with Crippen molar-refractivity contribution in [2.75, 3.05) is 25.5 Å². The topological polar surface area (TPSA) is 61.8 Å². The zero-order valence-corrected chi connectivity index (χ0v) is 12.9. The van der Waals surface area contributed by atoms with Gasteiger partial charge in [-0.1, -0.05) is 0 Å². The molecule has 0 radical (unpaired) electrons. The fraction of sp³-hybridized carbons (Fsp3) is 0.562. The minimum Gasteiger partial charge on any atom is -0.497 e. The van der Waals surface area contributed by atoms with Gasteiger partial charge in [0.25, 0.3) is 0 Å². The van der Waals surface area contributed by atoms with E-state index < -0.39 is 0 Å². The highest BCUT2D eigenvalue weighted by atomic mass is 16.5. The number of nitrogens with one attached hydrogen (secondary N) is 1. The van der Waals surface area contributed by atoms with Crippen molar-refractivity contribution in [2.24, 2.45) is 5.92 Å². The fourth-order valence-corrected chi connectivity index (χ4v) is 2.69. The summed E-state index contributed by atoms with van der Waals surface area (Å²) >= 11 is 0. The van der Waals surface area contributed by atoms with Crippen LogP contribution in [0.2, 0.25) is 0 Å². The molecular weight excluding hydrogens is 268 g/mol. The molecule has 1 aromatic carbocycles. The van der Waals surface area contributed by atoms with E-state index in [1.165, 1.54) is 0 Å². The van der Waals surface area contributed by atoms with Crippen LogP contribution in [-0.4, -0.2) is 42.3 Å². The van der Waals surface area contributed by atoms with E-state index in [2.05, 4.69) is 5.32 Å². The lowest BCUT2D eigenvalue weighted by molar-refractivity contribution is 0.0766. The number of urea groups is 1. The number of methoxy groups -OCH3 is 1. The Bertz CT molecular complexity index is 502. The second kappa shape index (κ2) is 6.80. The third-order valence-corrected chi connectivity index (χ3v) is 4.10. The highest BCUT2D eigenvalue weighted by Gasteiger charge is 2.26. The number of aliphatic hydroxyl groups excluding tert-OH is 1. The number of likely N-dealkylation sites (tertiary alicyclic amines) is 1. The van der Waals surface area contributed by atoms with Gasteiger partial charge in [0.1, 0.15) is 5.75 Å². The minimum absolute atomic E-state index is 0.103. The van der Waals surface area contributed by atoms with Crippen molar-refractivity contribution in [1.29, 1.82) is 0 Å². The Kier molecular flexibility index (Phi) is 5.07. The molecule has 21 heavy (non-hydrogen) atoms. The zero-order chi connectivity index (χ0) is 15.4. The molecular formula is C16H24N2O3. The van der Waals surface area contributed by atoms with Gasteiger partial charge in [0.2, 0.25) is 0 Å². The van der Waals surface area contributed by atoms with E-state index in [-0.39, 0.29) is 18.1 Å². The van der Waals surface area contributed by atoms with Crippen LogP contribution in [0.25, 0.3) is 0 Å². The quantitative estimate of drug-likeness (QED) is 0.900. The molecule has 2 N–H and O–H groups in total. The first-order valence-corrected chi connectivity index (χ1v) is 7.40. The Morgan fingerprint density at radius 2 is 2.29 bits per heavy atom. The smallest absolute Gasteiger partial charge is 0.321 e. The number of carbonyl (C=O) groups is 1. The van der Waals surface area contributed by atoms with Gasteiger partial charge in [-0.3, -0.25) is 0 Å². The lowest BCUT2D eigenvalue weighted by Gasteiger charge is -2.34. The normalized spacial score (nSPS) is 20.0. The number of ether oxygens (including phenoxy) is 1. The van der Waals surface area contributed by atoms with Crippen LogP contribution in [0.4, 0.5) is 10.5 Å². The van der Waals surface area contributed by atoms with Crippen molar-refractivity contribution in [2.45, 2.75) is 32.8 Å². The summed E-state index contributed by atoms with van der Waals surface area (Å²) in [6, 6.07) is 5.47. The molecule has 2 rings (SSSR count). The Labute approximate surface area is 125 Å². The lowest BCUT2D eigenvalue weighted by Crippen LogP contribution is -2.44. The van der Waals surface area contributed by atoms with Crippen LogP contribution in [0.15, 0.2) is 18.2 Å². The van der Waals surface area contributed by atoms with E-state index in [9.17, 15) is 9.90 Å². The summed E-state index contributed by atoms with van der Waals surface area (Å²) in [5.74, 6) is 0.944. The van der Waals surface area contributed by atoms with Gasteiger partial charge in [-0.05, 0) is 50.5 Å². The van der Waals surface area contributed by atoms with Gasteiger partial charge >= 0.3 is 6.03 Å². The van der Waals surface area contributed by atoms with Gasteiger partial charge in [-0.2, -0.15) is 0 Å². The van der Waals surface area contributed by atoms with Crippen LogP contribution >= 0.6 is 0 Å². The predicted octanol–water partition coefficient (Wildman–Crippen LogP) is 2.63. The summed E-state index contributed by atoms with van der Waals surface area (Å²) in [5, 5.41) is 12.6. The van der Waals surface area contributed by atoms with Crippen LogP contribution in [0.5, 0.6) is 5.75 Å². The fourth-order valence-electron chi connectivity index (χ4n) is 2.69. The van der Waals surface area contributed by atoms with Gasteiger partial charge in [-0.15, -0.1) is 0 Å². The SMILES string of the molecule is COc1ccc(NC(=O)N2CCCC(C(C)O)C2)c(C)c1. The molecule has 0 aromatic heterocycles. The van der Waals surface area contributed by atoms with Crippen LogP contribution in [0, 0.1) is 12.8 Å². The molecule has 0 aliphatic carbocycles. The molecule has 1 saturated heterocycles. The van der Waals surface area contributed by atoms with E-state index in [0.717, 1.165) is 36.4 Å². The first kappa shape index (κ1) is 15.6. The van der Waals surface area contributed by atoms with E-state index >= 15 is 0 Å². The second-order valence-electron chi connectivity index (χ2n) is 5.70. The first-order valence-electron chi connectivity index (χ1n) is 7.40. The summed E-state index contributed by atoms with van der Waals surface area (Å²) < 4.78 is 5.16. The molecule has 1 fully saturated rings. The molecule has 2 amide bonds. The van der Waals surface area contributed by atoms with E-state index in [1.807, 2.05) is 25.1 Å². The summed E-state index contributed by atoms with van der Waals surface area (Å²) in [5.41, 5.74) is 1.76. The van der Waals surface area contributed by atoms with Crippen molar-refractivity contribution in [3.8, 4) is 5.75 Å². The summed E-state index contributed by atoms with van der Waals surface area (Å²) in [7, 11) is 1.62. The van der Waals surface area contributed by atoms with Crippen LogP contribution in [-0.2, 0) is 0 Å². The Hall–Kier alpha value is -1.75. The molecule has 5 heteroatoms. The average molecular weight is 292 g/mol. The van der Waals surface area contributed by atoms with Crippen LogP contribution in [0.3, 0.4) is 0 Å². The highest BCUT2D eigenvalue weighted by Crippen LogP contribution is 2.23. The number of aryl methyl sites for hydroxylation is 1. The number of nitrogens with zero attached hydrogens (tertiary/aromatic N) is 1. The first-order chi connectivity index (χ1) is 10.0. The summed E-state index contributed by atoms with van der Waals surface area (Å²) in [4.78, 5) is 14.1. The van der Waals surface area contributed by atoms with Crippen molar-refractivity contribution < 1.29 is 14.6 Å². The minimum atomic E-state index is -0.372. The van der Waals surface area contributed by atoms with E-state index in [4.69, 9.17) is 4.74 Å². The predicted molar refractivity (Wildman–Crippen MR) is 82.7 cm³/mol. The number of carbonyl (C=O) groups excluding carboxylic acids is 1. The van der Waals surface area contributed by atoms with Gasteiger partial charge in [0.05, 0.1) is 13.2 Å². The van der Waals surface area contributed by atoms with Crippen molar-refractivity contribution >= 4 is 11.7 Å². The lowest BCUT2D eigenvalue weighted by atomic mass is 9.94. The van der Waals surface area contributed by atoms with Crippen molar-refractivity contribution in [1.82, 2.24) is 4.90 Å². The standard InChI is InChI=1S/C16H24N2O3/c1-11-9-14(21-3)6-7-15(11)17-16(20)18-8-4-5-13(10-18)12(2)19/h6-7,9,12-13,19H,4-5,8,10H2,1-3H3,(H,17,20). The molecule has 2 atom stereocenters. The molecule has 2 unspecified atom stereocenters. The monoisotopic (exact) mass is 292 g/mol. The van der Waals surface area contributed by atoms with Gasteiger partial charge in [0.15, 0.2) is 0 Å². The largest absolute Gasteiger partial charge is 0.497 e. The Balaban J connectivity index is 2.01. The molecule has 0 saturated carbocycles. The number of aliphatic hydroxyl groups is 1. The van der Waals surface area contributed by atoms with Gasteiger partial charge in [0, 0.05) is 24.7 Å². The molecule has 116 valence electrons. The van der Waals surface area contributed by atoms with Gasteiger partial charge in [-0.25, -0.2) is 4.79 Å². The molecule has 0 spiro atoms. The second-order valence-corrected chi connectivity index (χ2v) is 5.70. The number of amides is 2. The van der Waals surface area contributed by atoms with Crippen LogP contribution in [0.1, 0.15) is 25.3 Å². The summed E-state index contributed by atoms with van der Waals surface area (Å²) in [6.45, 7) is 5.08. The van der Waals surface area contributed by atoms with E-state index in [0.29, 0.717) is 6.54 Å². The Morgan fingerprint density at radius 3 is 2.90 bits per heavy atom. The van der Waals surface area contributed by atoms with E-state index in [1.54, 1.807) is 18.9 Å². The molecule has 5 nitrogen and oxygen atoms in total. The number of rotatable bonds is 3. The highest BCUT2D eigenvalue weighted by molar-refractivity contribution is 5.90. The third kappa shape index (κ3) is 3.88. The summed E-state index contributed by atoms with van der Waals surface area (Å²) in [6.07, 6.45) is 1.54. The maximum atomic E-state index is 12.3. The average Bonchev–Trinajstić information content (AvgIpc) is 2.49. The van der Waals surface area contributed by atoms with Crippen LogP contribution < -0.4 is 10.1 Å². The maximum Gasteiger partial charge on any atom is 0.321 e. The number of piperidine rings is 1. The molecule has 0 bridgehead atoms.